The number of benzene rings is 3. The van der Waals surface area contributed by atoms with E-state index in [4.69, 9.17) is 5.10 Å². The van der Waals surface area contributed by atoms with Gasteiger partial charge in [0.15, 0.2) is 0 Å². The highest BCUT2D eigenvalue weighted by Crippen LogP contribution is 2.32. The lowest BCUT2D eigenvalue weighted by Crippen LogP contribution is -2.55. The number of hydrogen-bond donors (Lipinski definition) is 2. The SMILES string of the molecule is O=c1[nH]c(SCc2ccccc2)n[n+]2c1-c1ccccc1N[C@H]2c1cccc(Br)c1. The van der Waals surface area contributed by atoms with Crippen LogP contribution in [-0.4, -0.2) is 10.1 Å². The van der Waals surface area contributed by atoms with E-state index in [-0.39, 0.29) is 11.7 Å². The van der Waals surface area contributed by atoms with Crippen LogP contribution in [0.3, 0.4) is 0 Å². The van der Waals surface area contributed by atoms with E-state index in [0.717, 1.165) is 27.0 Å². The molecule has 2 heterocycles. The lowest BCUT2D eigenvalue weighted by Gasteiger charge is -2.22. The number of aromatic amines is 1. The minimum atomic E-state index is -0.286. The summed E-state index contributed by atoms with van der Waals surface area (Å²) >= 11 is 5.07. The molecule has 0 unspecified atom stereocenters. The van der Waals surface area contributed by atoms with Crippen LogP contribution < -0.4 is 15.6 Å². The van der Waals surface area contributed by atoms with Gasteiger partial charge in [-0.1, -0.05) is 82.3 Å². The summed E-state index contributed by atoms with van der Waals surface area (Å²) in [6.07, 6.45) is -0.286. The third kappa shape index (κ3) is 3.66. The summed E-state index contributed by atoms with van der Waals surface area (Å²) in [6.45, 7) is 0. The van der Waals surface area contributed by atoms with E-state index >= 15 is 0 Å². The third-order valence-electron chi connectivity index (χ3n) is 4.96. The zero-order valence-corrected chi connectivity index (χ0v) is 18.3. The van der Waals surface area contributed by atoms with Crippen LogP contribution in [0.25, 0.3) is 11.3 Å². The fraction of sp³-hybridized carbons (Fsp3) is 0.0870. The number of para-hydroxylation sites is 1. The van der Waals surface area contributed by atoms with Crippen molar-refractivity contribution >= 4 is 33.4 Å². The zero-order valence-electron chi connectivity index (χ0n) is 15.9. The van der Waals surface area contributed by atoms with Crippen LogP contribution in [-0.2, 0) is 5.75 Å². The Hall–Kier alpha value is -2.90. The smallest absolute Gasteiger partial charge is 0.321 e. The van der Waals surface area contributed by atoms with Gasteiger partial charge < -0.3 is 5.32 Å². The topological polar surface area (TPSA) is 61.7 Å². The number of H-pyrrole nitrogens is 1. The molecule has 5 rings (SSSR count). The van der Waals surface area contributed by atoms with E-state index in [2.05, 4.69) is 38.4 Å². The Bertz CT molecular complexity index is 1280. The minimum Gasteiger partial charge on any atom is -0.321 e. The first-order valence-electron chi connectivity index (χ1n) is 9.53. The number of thioether (sulfide) groups is 1. The monoisotopic (exact) mass is 477 g/mol. The Morgan fingerprint density at radius 1 is 1.00 bits per heavy atom. The minimum absolute atomic E-state index is 0.144. The van der Waals surface area contributed by atoms with Crippen molar-refractivity contribution in [3.8, 4) is 11.3 Å². The van der Waals surface area contributed by atoms with Crippen molar-refractivity contribution in [2.75, 3.05) is 5.32 Å². The standard InChI is InChI=1S/C23H17BrN4OS/c24-17-10-6-9-16(13-17)21-25-19-12-5-4-11-18(19)20-22(29)26-23(27-28(20)21)30-14-15-7-2-1-3-8-15/h1-13,21H,14H2,(H,26,27,29)/p+1/t21-/m1/s1. The maximum Gasteiger partial charge on any atom is 0.325 e. The number of anilines is 1. The van der Waals surface area contributed by atoms with Gasteiger partial charge in [-0.15, -0.1) is 0 Å². The van der Waals surface area contributed by atoms with Crippen molar-refractivity contribution in [3.63, 3.8) is 0 Å². The molecule has 1 atom stereocenters. The second-order valence-electron chi connectivity index (χ2n) is 6.97. The summed E-state index contributed by atoms with van der Waals surface area (Å²) in [5.41, 5.74) is 4.37. The van der Waals surface area contributed by atoms with Crippen molar-refractivity contribution in [2.24, 2.45) is 0 Å². The first-order chi connectivity index (χ1) is 14.7. The van der Waals surface area contributed by atoms with Crippen LogP contribution in [0.15, 0.2) is 93.3 Å². The molecule has 0 fully saturated rings. The first-order valence-corrected chi connectivity index (χ1v) is 11.3. The molecule has 5 nitrogen and oxygen atoms in total. The first kappa shape index (κ1) is 19.1. The van der Waals surface area contributed by atoms with Gasteiger partial charge in [0.1, 0.15) is 0 Å². The molecule has 3 aromatic carbocycles. The average molecular weight is 478 g/mol. The normalized spacial score (nSPS) is 14.5. The largest absolute Gasteiger partial charge is 0.325 e. The molecule has 0 spiro atoms. The summed E-state index contributed by atoms with van der Waals surface area (Å²) in [6, 6.07) is 26.0. The molecule has 0 aliphatic carbocycles. The van der Waals surface area contributed by atoms with E-state index in [0.29, 0.717) is 10.9 Å². The quantitative estimate of drug-likeness (QED) is 0.328. The Morgan fingerprint density at radius 3 is 2.63 bits per heavy atom. The molecule has 30 heavy (non-hydrogen) atoms. The molecule has 0 bridgehead atoms. The summed E-state index contributed by atoms with van der Waals surface area (Å²) in [5, 5.41) is 8.96. The van der Waals surface area contributed by atoms with Crippen LogP contribution >= 0.6 is 27.7 Å². The van der Waals surface area contributed by atoms with Crippen LogP contribution in [0.5, 0.6) is 0 Å². The van der Waals surface area contributed by atoms with E-state index in [1.807, 2.05) is 66.7 Å². The molecular weight excluding hydrogens is 460 g/mol. The van der Waals surface area contributed by atoms with Gasteiger partial charge in [-0.25, -0.2) is 0 Å². The number of halogens is 1. The van der Waals surface area contributed by atoms with E-state index in [9.17, 15) is 4.79 Å². The molecule has 7 heteroatoms. The lowest BCUT2D eigenvalue weighted by atomic mass is 10.0. The van der Waals surface area contributed by atoms with Gasteiger partial charge in [0.25, 0.3) is 6.17 Å². The number of hydrogen-bond acceptors (Lipinski definition) is 4. The van der Waals surface area contributed by atoms with Crippen molar-refractivity contribution < 1.29 is 4.68 Å². The third-order valence-corrected chi connectivity index (χ3v) is 6.39. The van der Waals surface area contributed by atoms with Gasteiger partial charge in [0, 0.05) is 20.9 Å². The Labute approximate surface area is 186 Å². The van der Waals surface area contributed by atoms with Crippen molar-refractivity contribution in [1.29, 1.82) is 0 Å². The van der Waals surface area contributed by atoms with E-state index < -0.39 is 0 Å². The number of rotatable bonds is 4. The van der Waals surface area contributed by atoms with Crippen LogP contribution in [0.2, 0.25) is 0 Å². The highest BCUT2D eigenvalue weighted by Gasteiger charge is 2.37. The molecule has 1 aromatic heterocycles. The molecule has 148 valence electrons. The second kappa shape index (κ2) is 8.08. The Balaban J connectivity index is 1.61. The van der Waals surface area contributed by atoms with Crippen LogP contribution in [0, 0.1) is 0 Å². The molecule has 1 aliphatic heterocycles. The van der Waals surface area contributed by atoms with Crippen molar-refractivity contribution in [3.05, 3.63) is 105 Å². The number of aromatic nitrogens is 3. The molecule has 0 saturated carbocycles. The number of nitrogens with one attached hydrogen (secondary N) is 2. The Morgan fingerprint density at radius 2 is 1.80 bits per heavy atom. The molecule has 4 aromatic rings. The van der Waals surface area contributed by atoms with E-state index in [1.165, 1.54) is 17.3 Å². The van der Waals surface area contributed by atoms with Crippen molar-refractivity contribution in [1.82, 2.24) is 10.1 Å². The number of fused-ring (bicyclic) bond motifs is 3. The molecule has 2 N–H and O–H groups in total. The number of nitrogens with zero attached hydrogens (tertiary/aromatic N) is 2. The molecule has 0 radical (unpaired) electrons. The predicted octanol–water partition coefficient (Wildman–Crippen LogP) is 4.75. The summed E-state index contributed by atoms with van der Waals surface area (Å²) < 4.78 is 2.78. The molecular formula is C23H18BrN4OS+. The lowest BCUT2D eigenvalue weighted by molar-refractivity contribution is -0.759. The van der Waals surface area contributed by atoms with Crippen molar-refractivity contribution in [2.45, 2.75) is 17.1 Å². The highest BCUT2D eigenvalue weighted by molar-refractivity contribution is 9.10. The molecule has 0 amide bonds. The fourth-order valence-corrected chi connectivity index (χ4v) is 4.81. The summed E-state index contributed by atoms with van der Waals surface area (Å²) in [5.74, 6) is 0.731. The zero-order chi connectivity index (χ0) is 20.5. The van der Waals surface area contributed by atoms with Gasteiger partial charge in [0.05, 0.1) is 11.3 Å². The van der Waals surface area contributed by atoms with E-state index in [1.54, 1.807) is 4.68 Å². The molecule has 0 saturated heterocycles. The average Bonchev–Trinajstić information content (AvgIpc) is 2.77. The molecule has 1 aliphatic rings. The highest BCUT2D eigenvalue weighted by atomic mass is 79.9. The van der Waals surface area contributed by atoms with Gasteiger partial charge in [0.2, 0.25) is 5.16 Å². The summed E-state index contributed by atoms with van der Waals surface area (Å²) in [7, 11) is 0. The van der Waals surface area contributed by atoms with Gasteiger partial charge in [-0.2, -0.15) is 0 Å². The maximum absolute atomic E-state index is 13.1. The predicted molar refractivity (Wildman–Crippen MR) is 122 cm³/mol. The van der Waals surface area contributed by atoms with Gasteiger partial charge >= 0.3 is 11.3 Å². The van der Waals surface area contributed by atoms with Gasteiger partial charge in [-0.3, -0.25) is 9.78 Å². The maximum atomic E-state index is 13.1. The second-order valence-corrected chi connectivity index (χ2v) is 8.85. The van der Waals surface area contributed by atoms with Gasteiger partial charge in [-0.05, 0) is 34.5 Å². The Kier molecular flexibility index (Phi) is 5.14. The van der Waals surface area contributed by atoms with Crippen LogP contribution in [0.4, 0.5) is 5.69 Å². The summed E-state index contributed by atoms with van der Waals surface area (Å²) in [4.78, 5) is 16.1. The fourth-order valence-electron chi connectivity index (χ4n) is 3.58. The van der Waals surface area contributed by atoms with Crippen LogP contribution in [0.1, 0.15) is 17.3 Å².